The van der Waals surface area contributed by atoms with Gasteiger partial charge in [-0.2, -0.15) is 0 Å². The maximum Gasteiger partial charge on any atom is 0.251 e. The average Bonchev–Trinajstić information content (AvgIpc) is 2.81. The van der Waals surface area contributed by atoms with Crippen molar-refractivity contribution in [2.24, 2.45) is 5.14 Å². The highest BCUT2D eigenvalue weighted by Crippen LogP contribution is 2.09. The SMILES string of the molecule is NS(=O)(=O)c1ccc(C(=O)NC2CCNC2)cc1. The highest BCUT2D eigenvalue weighted by atomic mass is 32.2. The Morgan fingerprint density at radius 3 is 2.50 bits per heavy atom. The van der Waals surface area contributed by atoms with Crippen molar-refractivity contribution in [3.8, 4) is 0 Å². The molecule has 1 aliphatic heterocycles. The highest BCUT2D eigenvalue weighted by Gasteiger charge is 2.17. The molecule has 0 saturated carbocycles. The second kappa shape index (κ2) is 5.05. The summed E-state index contributed by atoms with van der Waals surface area (Å²) >= 11 is 0. The van der Waals surface area contributed by atoms with Crippen LogP contribution < -0.4 is 15.8 Å². The highest BCUT2D eigenvalue weighted by molar-refractivity contribution is 7.89. The zero-order valence-corrected chi connectivity index (χ0v) is 10.5. The number of nitrogens with one attached hydrogen (secondary N) is 2. The molecule has 1 amide bonds. The van der Waals surface area contributed by atoms with E-state index in [1.165, 1.54) is 24.3 Å². The van der Waals surface area contributed by atoms with Crippen LogP contribution >= 0.6 is 0 Å². The lowest BCUT2D eigenvalue weighted by atomic mass is 10.2. The maximum absolute atomic E-state index is 11.8. The van der Waals surface area contributed by atoms with Gasteiger partial charge in [0, 0.05) is 18.2 Å². The lowest BCUT2D eigenvalue weighted by Gasteiger charge is -2.11. The van der Waals surface area contributed by atoms with Crippen LogP contribution in [0.4, 0.5) is 0 Å². The fourth-order valence-electron chi connectivity index (χ4n) is 1.84. The Morgan fingerprint density at radius 1 is 1.33 bits per heavy atom. The number of hydrogen-bond donors (Lipinski definition) is 3. The quantitative estimate of drug-likeness (QED) is 0.683. The predicted octanol–water partition coefficient (Wildman–Crippen LogP) is -0.574. The number of benzene rings is 1. The molecule has 4 N–H and O–H groups in total. The topological polar surface area (TPSA) is 101 Å². The van der Waals surface area contributed by atoms with Crippen molar-refractivity contribution in [3.63, 3.8) is 0 Å². The molecular formula is C11H15N3O3S. The predicted molar refractivity (Wildman–Crippen MR) is 66.6 cm³/mol. The first-order valence-electron chi connectivity index (χ1n) is 5.61. The van der Waals surface area contributed by atoms with Crippen LogP contribution in [0.2, 0.25) is 0 Å². The van der Waals surface area contributed by atoms with E-state index in [2.05, 4.69) is 10.6 Å². The molecule has 6 nitrogen and oxygen atoms in total. The molecule has 1 atom stereocenters. The lowest BCUT2D eigenvalue weighted by Crippen LogP contribution is -2.36. The Bertz CT molecular complexity index is 533. The molecule has 1 saturated heterocycles. The Hall–Kier alpha value is -1.44. The summed E-state index contributed by atoms with van der Waals surface area (Å²) in [5, 5.41) is 11.0. The molecule has 98 valence electrons. The van der Waals surface area contributed by atoms with Gasteiger partial charge in [0.15, 0.2) is 0 Å². The van der Waals surface area contributed by atoms with Gasteiger partial charge in [-0.1, -0.05) is 0 Å². The van der Waals surface area contributed by atoms with Gasteiger partial charge in [-0.05, 0) is 37.2 Å². The second-order valence-electron chi connectivity index (χ2n) is 4.23. The lowest BCUT2D eigenvalue weighted by molar-refractivity contribution is 0.0940. The van der Waals surface area contributed by atoms with Gasteiger partial charge >= 0.3 is 0 Å². The molecule has 1 unspecified atom stereocenters. The third kappa shape index (κ3) is 3.06. The van der Waals surface area contributed by atoms with Crippen LogP contribution in [0, 0.1) is 0 Å². The molecule has 0 aliphatic carbocycles. The van der Waals surface area contributed by atoms with Crippen LogP contribution in [-0.2, 0) is 10.0 Å². The van der Waals surface area contributed by atoms with Gasteiger partial charge < -0.3 is 10.6 Å². The number of hydrogen-bond acceptors (Lipinski definition) is 4. The van der Waals surface area contributed by atoms with Gasteiger partial charge in [0.2, 0.25) is 10.0 Å². The fraction of sp³-hybridized carbons (Fsp3) is 0.364. The van der Waals surface area contributed by atoms with E-state index in [-0.39, 0.29) is 16.8 Å². The molecule has 2 rings (SSSR count). The van der Waals surface area contributed by atoms with E-state index in [9.17, 15) is 13.2 Å². The molecular weight excluding hydrogens is 254 g/mol. The van der Waals surface area contributed by atoms with Crippen LogP contribution in [0.1, 0.15) is 16.8 Å². The molecule has 7 heteroatoms. The van der Waals surface area contributed by atoms with Crippen molar-refractivity contribution in [2.45, 2.75) is 17.4 Å². The number of amides is 1. The third-order valence-electron chi connectivity index (χ3n) is 2.84. The van der Waals surface area contributed by atoms with E-state index in [0.29, 0.717) is 5.56 Å². The number of nitrogens with two attached hydrogens (primary N) is 1. The van der Waals surface area contributed by atoms with E-state index < -0.39 is 10.0 Å². The summed E-state index contributed by atoms with van der Waals surface area (Å²) in [6.07, 6.45) is 0.904. The van der Waals surface area contributed by atoms with E-state index in [0.717, 1.165) is 19.5 Å². The monoisotopic (exact) mass is 269 g/mol. The van der Waals surface area contributed by atoms with Crippen LogP contribution in [-0.4, -0.2) is 33.5 Å². The Balaban J connectivity index is 2.07. The number of carbonyl (C=O) groups excluding carboxylic acids is 1. The molecule has 1 fully saturated rings. The maximum atomic E-state index is 11.8. The van der Waals surface area contributed by atoms with Crippen molar-refractivity contribution >= 4 is 15.9 Å². The average molecular weight is 269 g/mol. The van der Waals surface area contributed by atoms with Gasteiger partial charge in [-0.15, -0.1) is 0 Å². The summed E-state index contributed by atoms with van der Waals surface area (Å²) in [5.74, 6) is -0.204. The molecule has 0 radical (unpaired) electrons. The van der Waals surface area contributed by atoms with E-state index in [4.69, 9.17) is 5.14 Å². The van der Waals surface area contributed by atoms with Gasteiger partial charge in [0.05, 0.1) is 4.90 Å². The second-order valence-corrected chi connectivity index (χ2v) is 5.79. The Morgan fingerprint density at radius 2 is 2.00 bits per heavy atom. The summed E-state index contributed by atoms with van der Waals surface area (Å²) < 4.78 is 22.1. The molecule has 1 aromatic carbocycles. The normalized spacial score (nSPS) is 19.7. The molecule has 0 aromatic heterocycles. The summed E-state index contributed by atoms with van der Waals surface area (Å²) in [5.41, 5.74) is 0.425. The number of rotatable bonds is 3. The molecule has 1 heterocycles. The standard InChI is InChI=1S/C11H15N3O3S/c12-18(16,17)10-3-1-8(2-4-10)11(15)14-9-5-6-13-7-9/h1-4,9,13H,5-7H2,(H,14,15)(H2,12,16,17). The largest absolute Gasteiger partial charge is 0.348 e. The minimum absolute atomic E-state index is 0.00147. The zero-order chi connectivity index (χ0) is 13.2. The number of carbonyl (C=O) groups is 1. The molecule has 1 aliphatic rings. The summed E-state index contributed by atoms with van der Waals surface area (Å²) in [6, 6.07) is 5.71. The van der Waals surface area contributed by atoms with Crippen LogP contribution in [0.25, 0.3) is 0 Å². The zero-order valence-electron chi connectivity index (χ0n) is 9.72. The minimum Gasteiger partial charge on any atom is -0.348 e. The fourth-order valence-corrected chi connectivity index (χ4v) is 2.36. The van der Waals surface area contributed by atoms with Gasteiger partial charge in [0.25, 0.3) is 5.91 Å². The van der Waals surface area contributed by atoms with Gasteiger partial charge in [0.1, 0.15) is 0 Å². The Kier molecular flexibility index (Phi) is 3.65. The minimum atomic E-state index is -3.71. The number of sulfonamides is 1. The van der Waals surface area contributed by atoms with E-state index >= 15 is 0 Å². The van der Waals surface area contributed by atoms with Crippen LogP contribution in [0.5, 0.6) is 0 Å². The van der Waals surface area contributed by atoms with E-state index in [1.807, 2.05) is 0 Å². The van der Waals surface area contributed by atoms with E-state index in [1.54, 1.807) is 0 Å². The van der Waals surface area contributed by atoms with Crippen molar-refractivity contribution in [1.82, 2.24) is 10.6 Å². The van der Waals surface area contributed by atoms with Gasteiger partial charge in [-0.25, -0.2) is 13.6 Å². The molecule has 0 bridgehead atoms. The number of primary sulfonamides is 1. The molecule has 18 heavy (non-hydrogen) atoms. The molecule has 1 aromatic rings. The summed E-state index contributed by atoms with van der Waals surface area (Å²) in [7, 11) is -3.71. The summed E-state index contributed by atoms with van der Waals surface area (Å²) in [4.78, 5) is 11.8. The van der Waals surface area contributed by atoms with Crippen molar-refractivity contribution in [3.05, 3.63) is 29.8 Å². The third-order valence-corrected chi connectivity index (χ3v) is 3.77. The first kappa shape index (κ1) is 13.0. The first-order valence-corrected chi connectivity index (χ1v) is 7.16. The smallest absolute Gasteiger partial charge is 0.251 e. The van der Waals surface area contributed by atoms with Gasteiger partial charge in [-0.3, -0.25) is 4.79 Å². The van der Waals surface area contributed by atoms with Crippen molar-refractivity contribution < 1.29 is 13.2 Å². The Labute approximate surface area is 106 Å². The summed E-state index contributed by atoms with van der Waals surface area (Å²) in [6.45, 7) is 1.66. The van der Waals surface area contributed by atoms with Crippen molar-refractivity contribution in [1.29, 1.82) is 0 Å². The first-order chi connectivity index (χ1) is 8.47. The van der Waals surface area contributed by atoms with Crippen molar-refractivity contribution in [2.75, 3.05) is 13.1 Å². The van der Waals surface area contributed by atoms with Crippen LogP contribution in [0.15, 0.2) is 29.2 Å². The van der Waals surface area contributed by atoms with Crippen LogP contribution in [0.3, 0.4) is 0 Å². The molecule has 0 spiro atoms.